The van der Waals surface area contributed by atoms with Gasteiger partial charge in [0.05, 0.1) is 40.2 Å². The number of allylic oxidation sites excluding steroid dienone is 1. The minimum atomic E-state index is -4.77. The second-order valence-electron chi connectivity index (χ2n) is 11.9. The zero-order chi connectivity index (χ0) is 35.5. The molecule has 0 unspecified atom stereocenters. The number of hydrogen-bond donors (Lipinski definition) is 0. The number of amides is 1. The Morgan fingerprint density at radius 3 is 2.45 bits per heavy atom. The summed E-state index contributed by atoms with van der Waals surface area (Å²) < 4.78 is 95.6. The summed E-state index contributed by atoms with van der Waals surface area (Å²) in [6, 6.07) is 12.4. The zero-order valence-corrected chi connectivity index (χ0v) is 28.4. The fourth-order valence-electron chi connectivity index (χ4n) is 6.02. The van der Waals surface area contributed by atoms with Gasteiger partial charge in [0.1, 0.15) is 17.7 Å². The SMILES string of the molecule is CCOC(=O)C1CCN(C(=O)CC[C@H]2CN(S(=O)(=O)c3cccc(C(F)(F)F)c3)c3cc(/C=C(\C)c4c(F)cccc4Cl)ccc3O2)CC1. The van der Waals surface area contributed by atoms with Crippen LogP contribution in [0.1, 0.15) is 56.2 Å². The van der Waals surface area contributed by atoms with Crippen molar-refractivity contribution in [2.75, 3.05) is 30.5 Å². The lowest BCUT2D eigenvalue weighted by atomic mass is 9.96. The molecule has 1 saturated heterocycles. The predicted molar refractivity (Wildman–Crippen MR) is 177 cm³/mol. The number of hydrogen-bond acceptors (Lipinski definition) is 6. The van der Waals surface area contributed by atoms with Gasteiger partial charge in [0.2, 0.25) is 5.91 Å². The van der Waals surface area contributed by atoms with Crippen molar-refractivity contribution in [1.82, 2.24) is 4.90 Å². The van der Waals surface area contributed by atoms with Crippen LogP contribution in [0, 0.1) is 11.7 Å². The van der Waals surface area contributed by atoms with E-state index >= 15 is 0 Å². The molecule has 1 amide bonds. The number of carbonyl (C=O) groups excluding carboxylic acids is 2. The summed E-state index contributed by atoms with van der Waals surface area (Å²) in [5.74, 6) is -1.14. The molecule has 5 rings (SSSR count). The van der Waals surface area contributed by atoms with Crippen molar-refractivity contribution in [3.63, 3.8) is 0 Å². The number of alkyl halides is 3. The highest BCUT2D eigenvalue weighted by Gasteiger charge is 2.38. The van der Waals surface area contributed by atoms with Crippen molar-refractivity contribution in [3.8, 4) is 5.75 Å². The maximum atomic E-state index is 14.6. The lowest BCUT2D eigenvalue weighted by Gasteiger charge is -2.36. The average molecular weight is 723 g/mol. The molecule has 2 aliphatic heterocycles. The first kappa shape index (κ1) is 36.2. The Balaban J connectivity index is 1.42. The number of likely N-dealkylation sites (tertiary alicyclic amines) is 1. The minimum Gasteiger partial charge on any atom is -0.486 e. The van der Waals surface area contributed by atoms with Crippen molar-refractivity contribution >= 4 is 50.8 Å². The number of anilines is 1. The number of halogens is 5. The fourth-order valence-corrected chi connectivity index (χ4v) is 7.88. The van der Waals surface area contributed by atoms with Crippen LogP contribution in [-0.2, 0) is 30.5 Å². The average Bonchev–Trinajstić information content (AvgIpc) is 3.06. The van der Waals surface area contributed by atoms with E-state index in [2.05, 4.69) is 0 Å². The van der Waals surface area contributed by atoms with Crippen LogP contribution in [0.4, 0.5) is 23.2 Å². The quantitative estimate of drug-likeness (QED) is 0.128. The summed E-state index contributed by atoms with van der Waals surface area (Å²) in [7, 11) is -4.57. The van der Waals surface area contributed by atoms with E-state index in [4.69, 9.17) is 21.1 Å². The van der Waals surface area contributed by atoms with Crippen LogP contribution in [0.15, 0.2) is 65.6 Å². The Kier molecular flexibility index (Phi) is 10.9. The maximum Gasteiger partial charge on any atom is 0.416 e. The molecule has 1 atom stereocenters. The third kappa shape index (κ3) is 8.21. The first-order valence-electron chi connectivity index (χ1n) is 15.8. The van der Waals surface area contributed by atoms with E-state index in [-0.39, 0.29) is 65.8 Å². The summed E-state index contributed by atoms with van der Waals surface area (Å²) in [4.78, 5) is 26.3. The lowest BCUT2D eigenvalue weighted by molar-refractivity contribution is -0.151. The highest BCUT2D eigenvalue weighted by atomic mass is 35.5. The van der Waals surface area contributed by atoms with Crippen LogP contribution in [0.3, 0.4) is 0 Å². The highest BCUT2D eigenvalue weighted by molar-refractivity contribution is 7.92. The summed E-state index contributed by atoms with van der Waals surface area (Å²) >= 11 is 6.24. The second kappa shape index (κ2) is 14.8. The van der Waals surface area contributed by atoms with Crippen molar-refractivity contribution in [3.05, 3.63) is 88.2 Å². The van der Waals surface area contributed by atoms with Crippen LogP contribution in [0.5, 0.6) is 5.75 Å². The summed E-state index contributed by atoms with van der Waals surface area (Å²) in [6.45, 7) is 4.12. The Morgan fingerprint density at radius 1 is 1.06 bits per heavy atom. The third-order valence-electron chi connectivity index (χ3n) is 8.55. The van der Waals surface area contributed by atoms with Gasteiger partial charge in [-0.2, -0.15) is 13.2 Å². The molecule has 3 aromatic carbocycles. The van der Waals surface area contributed by atoms with Crippen molar-refractivity contribution in [2.45, 2.75) is 56.7 Å². The standard InChI is InChI=1S/C35H35ClF4N2O6S/c1-3-47-34(44)24-14-16-41(17-15-24)32(43)13-11-26-21-42(49(45,46)27-7-4-6-25(20-27)35(38,39)40)30-19-23(10-12-31(30)48-26)18-22(2)33-28(36)8-5-9-29(33)37/h4-10,12,18-20,24,26H,3,11,13-17,21H2,1-2H3/b22-18+/t26-/m0/s1. The molecule has 0 N–H and O–H groups in total. The molecule has 3 aromatic rings. The largest absolute Gasteiger partial charge is 0.486 e. The normalized spacial score (nSPS) is 17.4. The van der Waals surface area contributed by atoms with E-state index in [0.717, 1.165) is 22.5 Å². The minimum absolute atomic E-state index is 0.0188. The summed E-state index contributed by atoms with van der Waals surface area (Å²) in [6.07, 6.45) is -2.89. The van der Waals surface area contributed by atoms with Crippen LogP contribution < -0.4 is 9.04 Å². The van der Waals surface area contributed by atoms with E-state index in [1.54, 1.807) is 30.9 Å². The van der Waals surface area contributed by atoms with Crippen molar-refractivity contribution < 1.29 is 45.0 Å². The Morgan fingerprint density at radius 2 is 1.78 bits per heavy atom. The van der Waals surface area contributed by atoms with Gasteiger partial charge in [-0.15, -0.1) is 0 Å². The molecule has 262 valence electrons. The molecule has 2 aliphatic rings. The van der Waals surface area contributed by atoms with Crippen LogP contribution in [0.2, 0.25) is 5.02 Å². The third-order valence-corrected chi connectivity index (χ3v) is 10.6. The van der Waals surface area contributed by atoms with Crippen LogP contribution >= 0.6 is 11.6 Å². The van der Waals surface area contributed by atoms with Crippen LogP contribution in [-0.4, -0.2) is 57.5 Å². The Hall–Kier alpha value is -4.10. The Bertz CT molecular complexity index is 1840. The summed E-state index contributed by atoms with van der Waals surface area (Å²) in [5.41, 5.74) is 0.0339. The van der Waals surface area contributed by atoms with E-state index in [1.807, 2.05) is 0 Å². The molecule has 0 saturated carbocycles. The molecule has 0 aliphatic carbocycles. The number of fused-ring (bicyclic) bond motifs is 1. The number of benzene rings is 3. The monoisotopic (exact) mass is 722 g/mol. The highest BCUT2D eigenvalue weighted by Crippen LogP contribution is 2.40. The number of sulfonamides is 1. The van der Waals surface area contributed by atoms with E-state index in [9.17, 15) is 35.6 Å². The van der Waals surface area contributed by atoms with E-state index in [1.165, 1.54) is 30.3 Å². The Labute approximate surface area is 287 Å². The zero-order valence-electron chi connectivity index (χ0n) is 26.8. The molecule has 0 radical (unpaired) electrons. The van der Waals surface area contributed by atoms with Gasteiger partial charge in [0.25, 0.3) is 10.0 Å². The van der Waals surface area contributed by atoms with Gasteiger partial charge in [-0.25, -0.2) is 12.8 Å². The van der Waals surface area contributed by atoms with Gasteiger partial charge < -0.3 is 14.4 Å². The lowest BCUT2D eigenvalue weighted by Crippen LogP contribution is -2.45. The van der Waals surface area contributed by atoms with Gasteiger partial charge >= 0.3 is 12.1 Å². The number of piperidine rings is 1. The molecule has 0 spiro atoms. The second-order valence-corrected chi connectivity index (χ2v) is 14.2. The molecule has 0 aromatic heterocycles. The molecular weight excluding hydrogens is 688 g/mol. The molecule has 8 nitrogen and oxygen atoms in total. The van der Waals surface area contributed by atoms with Gasteiger partial charge in [-0.3, -0.25) is 13.9 Å². The van der Waals surface area contributed by atoms with E-state index in [0.29, 0.717) is 43.1 Å². The number of ether oxygens (including phenoxy) is 2. The van der Waals surface area contributed by atoms with Gasteiger partial charge in [-0.05, 0) is 86.7 Å². The topological polar surface area (TPSA) is 93.2 Å². The molecule has 49 heavy (non-hydrogen) atoms. The fraction of sp³-hybridized carbons (Fsp3) is 0.371. The van der Waals surface area contributed by atoms with Crippen molar-refractivity contribution in [2.24, 2.45) is 5.92 Å². The smallest absolute Gasteiger partial charge is 0.416 e. The van der Waals surface area contributed by atoms with Crippen LogP contribution in [0.25, 0.3) is 11.6 Å². The van der Waals surface area contributed by atoms with Gasteiger partial charge in [0, 0.05) is 25.1 Å². The first-order chi connectivity index (χ1) is 23.2. The maximum absolute atomic E-state index is 14.6. The number of rotatable bonds is 9. The molecule has 0 bridgehead atoms. The predicted octanol–water partition coefficient (Wildman–Crippen LogP) is 7.60. The molecule has 14 heteroatoms. The molecular formula is C35H35ClF4N2O6S. The number of nitrogens with zero attached hydrogens (tertiary/aromatic N) is 2. The molecule has 1 fully saturated rings. The number of esters is 1. The van der Waals surface area contributed by atoms with Crippen molar-refractivity contribution in [1.29, 1.82) is 0 Å². The van der Waals surface area contributed by atoms with Gasteiger partial charge in [-0.1, -0.05) is 35.9 Å². The van der Waals surface area contributed by atoms with E-state index < -0.39 is 38.6 Å². The summed E-state index contributed by atoms with van der Waals surface area (Å²) in [5, 5.41) is 0.185. The first-order valence-corrected chi connectivity index (χ1v) is 17.6. The van der Waals surface area contributed by atoms with Gasteiger partial charge in [0.15, 0.2) is 0 Å². The molecule has 2 heterocycles. The number of carbonyl (C=O) groups is 2.